The van der Waals surface area contributed by atoms with E-state index in [9.17, 15) is 13.2 Å². The highest BCUT2D eigenvalue weighted by molar-refractivity contribution is 7.92. The zero-order valence-electron chi connectivity index (χ0n) is 13.0. The molecule has 0 unspecified atom stereocenters. The fourth-order valence-corrected chi connectivity index (χ4v) is 3.18. The first-order valence-corrected chi connectivity index (χ1v) is 8.61. The molecule has 0 spiro atoms. The minimum absolute atomic E-state index is 0.0614. The summed E-state index contributed by atoms with van der Waals surface area (Å²) in [5, 5.41) is 8.48. The van der Waals surface area contributed by atoms with E-state index in [1.165, 1.54) is 19.2 Å². The number of hydrogen-bond acceptors (Lipinski definition) is 5. The van der Waals surface area contributed by atoms with Gasteiger partial charge in [-0.05, 0) is 48.4 Å². The number of hydrogen-bond donors (Lipinski definition) is 3. The molecule has 7 nitrogen and oxygen atoms in total. The number of hydroxylamine groups is 1. The van der Waals surface area contributed by atoms with Crippen LogP contribution >= 0.6 is 0 Å². The molecule has 2 aromatic carbocycles. The summed E-state index contributed by atoms with van der Waals surface area (Å²) >= 11 is 0. The molecule has 0 heterocycles. The normalized spacial score (nSPS) is 10.9. The van der Waals surface area contributed by atoms with E-state index in [0.717, 1.165) is 0 Å². The van der Waals surface area contributed by atoms with Gasteiger partial charge in [0.2, 0.25) is 5.91 Å². The highest BCUT2D eigenvalue weighted by Gasteiger charge is 2.15. The second kappa shape index (κ2) is 7.80. The molecule has 3 N–H and O–H groups in total. The summed E-state index contributed by atoms with van der Waals surface area (Å²) in [6, 6.07) is 12.8. The van der Waals surface area contributed by atoms with E-state index in [2.05, 4.69) is 4.72 Å². The zero-order valence-corrected chi connectivity index (χ0v) is 13.8. The average molecular weight is 350 g/mol. The monoisotopic (exact) mass is 350 g/mol. The van der Waals surface area contributed by atoms with Crippen LogP contribution in [-0.2, 0) is 21.2 Å². The number of methoxy groups -OCH3 is 1. The van der Waals surface area contributed by atoms with Crippen molar-refractivity contribution in [3.63, 3.8) is 0 Å². The van der Waals surface area contributed by atoms with Gasteiger partial charge >= 0.3 is 0 Å². The summed E-state index contributed by atoms with van der Waals surface area (Å²) in [7, 11) is -2.21. The van der Waals surface area contributed by atoms with E-state index in [-0.39, 0.29) is 11.3 Å². The van der Waals surface area contributed by atoms with Crippen LogP contribution < -0.4 is 14.9 Å². The molecule has 0 aliphatic carbocycles. The van der Waals surface area contributed by atoms with Crippen molar-refractivity contribution in [2.24, 2.45) is 0 Å². The van der Waals surface area contributed by atoms with Crippen LogP contribution in [0.5, 0.6) is 5.75 Å². The summed E-state index contributed by atoms with van der Waals surface area (Å²) in [6.45, 7) is 0. The number of nitrogens with one attached hydrogen (secondary N) is 2. The Kier molecular flexibility index (Phi) is 5.78. The molecule has 0 saturated heterocycles. The Bertz CT molecular complexity index is 803. The van der Waals surface area contributed by atoms with Crippen molar-refractivity contribution < 1.29 is 23.2 Å². The van der Waals surface area contributed by atoms with Crippen LogP contribution in [0, 0.1) is 0 Å². The number of sulfonamides is 1. The third kappa shape index (κ3) is 4.71. The van der Waals surface area contributed by atoms with Gasteiger partial charge in [-0.2, -0.15) is 0 Å². The molecule has 0 radical (unpaired) electrons. The van der Waals surface area contributed by atoms with Crippen LogP contribution in [-0.4, -0.2) is 26.6 Å². The van der Waals surface area contributed by atoms with Crippen molar-refractivity contribution in [2.75, 3.05) is 11.8 Å². The molecule has 1 amide bonds. The molecule has 2 aromatic rings. The maximum Gasteiger partial charge on any atom is 0.261 e. The van der Waals surface area contributed by atoms with Crippen molar-refractivity contribution in [3.05, 3.63) is 54.1 Å². The predicted molar refractivity (Wildman–Crippen MR) is 88.5 cm³/mol. The number of benzene rings is 2. The van der Waals surface area contributed by atoms with Gasteiger partial charge < -0.3 is 4.74 Å². The second-order valence-electron chi connectivity index (χ2n) is 5.02. The third-order valence-corrected chi connectivity index (χ3v) is 4.70. The Morgan fingerprint density at radius 1 is 1.17 bits per heavy atom. The average Bonchev–Trinajstić information content (AvgIpc) is 2.60. The van der Waals surface area contributed by atoms with Crippen LogP contribution in [0.25, 0.3) is 0 Å². The second-order valence-corrected chi connectivity index (χ2v) is 6.70. The van der Waals surface area contributed by atoms with Crippen molar-refractivity contribution in [1.82, 2.24) is 5.48 Å². The summed E-state index contributed by atoms with van der Waals surface area (Å²) in [4.78, 5) is 11.2. The molecule has 128 valence electrons. The summed E-state index contributed by atoms with van der Waals surface area (Å²) in [6.07, 6.45) is 0.379. The molecular weight excluding hydrogens is 332 g/mol. The Hall–Kier alpha value is -2.58. The van der Waals surface area contributed by atoms with Crippen LogP contribution in [0.3, 0.4) is 0 Å². The largest absolute Gasteiger partial charge is 0.497 e. The maximum atomic E-state index is 12.4. The summed E-state index contributed by atoms with van der Waals surface area (Å²) in [5.74, 6) is 0.0988. The summed E-state index contributed by atoms with van der Waals surface area (Å²) in [5.41, 5.74) is 2.64. The molecule has 0 aliphatic rings. The molecule has 2 rings (SSSR count). The van der Waals surface area contributed by atoms with Gasteiger partial charge in [-0.3, -0.25) is 14.7 Å². The van der Waals surface area contributed by atoms with Crippen molar-refractivity contribution in [1.29, 1.82) is 0 Å². The van der Waals surface area contributed by atoms with Gasteiger partial charge in [-0.1, -0.05) is 12.1 Å². The first-order chi connectivity index (χ1) is 11.4. The number of carbonyl (C=O) groups excluding carboxylic acids is 1. The van der Waals surface area contributed by atoms with Crippen LogP contribution in [0.4, 0.5) is 5.69 Å². The minimum atomic E-state index is -3.74. The third-order valence-electron chi connectivity index (χ3n) is 3.32. The lowest BCUT2D eigenvalue weighted by molar-refractivity contribution is -0.129. The lowest BCUT2D eigenvalue weighted by Gasteiger charge is -2.10. The Balaban J connectivity index is 2.14. The Labute approximate surface area is 140 Å². The van der Waals surface area contributed by atoms with Crippen LogP contribution in [0.15, 0.2) is 53.4 Å². The molecule has 0 aliphatic heterocycles. The van der Waals surface area contributed by atoms with E-state index < -0.39 is 15.9 Å². The van der Waals surface area contributed by atoms with Crippen LogP contribution in [0.1, 0.15) is 12.0 Å². The summed E-state index contributed by atoms with van der Waals surface area (Å²) < 4.78 is 32.4. The van der Waals surface area contributed by atoms with E-state index in [0.29, 0.717) is 23.4 Å². The van der Waals surface area contributed by atoms with E-state index in [4.69, 9.17) is 9.94 Å². The fraction of sp³-hybridized carbons (Fsp3) is 0.188. The molecule has 0 bridgehead atoms. The highest BCUT2D eigenvalue weighted by atomic mass is 32.2. The van der Waals surface area contributed by atoms with Gasteiger partial charge in [0, 0.05) is 12.1 Å². The predicted octanol–water partition coefficient (Wildman–Crippen LogP) is 1.93. The van der Waals surface area contributed by atoms with Gasteiger partial charge in [-0.15, -0.1) is 0 Å². The number of ether oxygens (including phenoxy) is 1. The molecule has 0 atom stereocenters. The van der Waals surface area contributed by atoms with Crippen molar-refractivity contribution in [3.8, 4) is 5.75 Å². The van der Waals surface area contributed by atoms with E-state index in [1.807, 2.05) is 0 Å². The molecule has 24 heavy (non-hydrogen) atoms. The topological polar surface area (TPSA) is 105 Å². The molecular formula is C16H18N2O5S. The quantitative estimate of drug-likeness (QED) is 0.523. The van der Waals surface area contributed by atoms with Gasteiger partial charge in [0.05, 0.1) is 12.0 Å². The smallest absolute Gasteiger partial charge is 0.261 e. The zero-order chi connectivity index (χ0) is 17.6. The molecule has 0 fully saturated rings. The first kappa shape index (κ1) is 17.8. The number of amides is 1. The molecule has 0 saturated carbocycles. The SMILES string of the molecule is COc1ccc(NS(=O)(=O)c2cccc(CCC(=O)NO)c2)cc1. The standard InChI is InChI=1S/C16H18N2O5S/c1-23-14-8-6-13(7-9-14)18-24(21,22)15-4-2-3-12(11-15)5-10-16(19)17-20/h2-4,6-9,11,18,20H,5,10H2,1H3,(H,17,19). The van der Waals surface area contributed by atoms with Crippen LogP contribution in [0.2, 0.25) is 0 Å². The Morgan fingerprint density at radius 2 is 1.88 bits per heavy atom. The number of carbonyl (C=O) groups is 1. The lowest BCUT2D eigenvalue weighted by Crippen LogP contribution is -2.18. The minimum Gasteiger partial charge on any atom is -0.497 e. The van der Waals surface area contributed by atoms with E-state index in [1.54, 1.807) is 41.9 Å². The number of aryl methyl sites for hydroxylation is 1. The highest BCUT2D eigenvalue weighted by Crippen LogP contribution is 2.20. The van der Waals surface area contributed by atoms with Gasteiger partial charge in [0.25, 0.3) is 10.0 Å². The number of rotatable bonds is 7. The fourth-order valence-electron chi connectivity index (χ4n) is 2.06. The van der Waals surface area contributed by atoms with Crippen molar-refractivity contribution in [2.45, 2.75) is 17.7 Å². The number of anilines is 1. The van der Waals surface area contributed by atoms with E-state index >= 15 is 0 Å². The van der Waals surface area contributed by atoms with Gasteiger partial charge in [-0.25, -0.2) is 13.9 Å². The molecule has 8 heteroatoms. The van der Waals surface area contributed by atoms with Gasteiger partial charge in [0.1, 0.15) is 5.75 Å². The maximum absolute atomic E-state index is 12.4. The first-order valence-electron chi connectivity index (χ1n) is 7.13. The molecule has 0 aromatic heterocycles. The lowest BCUT2D eigenvalue weighted by atomic mass is 10.1. The van der Waals surface area contributed by atoms with Gasteiger partial charge in [0.15, 0.2) is 0 Å². The Morgan fingerprint density at radius 3 is 2.50 bits per heavy atom. The van der Waals surface area contributed by atoms with Crippen molar-refractivity contribution >= 4 is 21.6 Å².